The van der Waals surface area contributed by atoms with Crippen LogP contribution >= 0.6 is 11.6 Å². The summed E-state index contributed by atoms with van der Waals surface area (Å²) in [4.78, 5) is 13.0. The molecular formula is C20H20ClN2O2+. The van der Waals surface area contributed by atoms with Gasteiger partial charge in [-0.2, -0.15) is 0 Å². The molecular weight excluding hydrogens is 336 g/mol. The van der Waals surface area contributed by atoms with E-state index in [0.29, 0.717) is 11.4 Å². The van der Waals surface area contributed by atoms with Crippen molar-refractivity contribution < 1.29 is 14.1 Å². The molecule has 0 saturated heterocycles. The summed E-state index contributed by atoms with van der Waals surface area (Å²) in [6, 6.07) is 15.1. The summed E-state index contributed by atoms with van der Waals surface area (Å²) in [5.41, 5.74) is 3.41. The molecule has 2 aromatic carbocycles. The van der Waals surface area contributed by atoms with Crippen molar-refractivity contribution >= 4 is 29.4 Å². The molecule has 1 heterocycles. The first-order valence-electron chi connectivity index (χ1n) is 8.16. The fourth-order valence-electron chi connectivity index (χ4n) is 2.81. The summed E-state index contributed by atoms with van der Waals surface area (Å²) in [7, 11) is 1.64. The van der Waals surface area contributed by atoms with E-state index in [1.165, 1.54) is 0 Å². The number of hydrogen-bond acceptors (Lipinski definition) is 3. The molecule has 2 aromatic rings. The predicted octanol–water partition coefficient (Wildman–Crippen LogP) is 3.71. The number of carbonyl (C=O) groups excluding carboxylic acids is 1. The van der Waals surface area contributed by atoms with Crippen LogP contribution in [0.3, 0.4) is 0 Å². The summed E-state index contributed by atoms with van der Waals surface area (Å²) in [6.45, 7) is 2.76. The van der Waals surface area contributed by atoms with Crippen molar-refractivity contribution in [2.45, 2.75) is 13.3 Å². The van der Waals surface area contributed by atoms with Crippen LogP contribution in [0.15, 0.2) is 59.8 Å². The number of allylic oxidation sites excluding steroid dienone is 1. The Labute approximate surface area is 152 Å². The third-order valence-corrected chi connectivity index (χ3v) is 4.29. The van der Waals surface area contributed by atoms with Gasteiger partial charge in [0.1, 0.15) is 17.0 Å². The highest BCUT2D eigenvalue weighted by molar-refractivity contribution is 6.30. The average molecular weight is 356 g/mol. The van der Waals surface area contributed by atoms with Crippen molar-refractivity contribution in [3.8, 4) is 5.75 Å². The Kier molecular flexibility index (Phi) is 5.19. The Morgan fingerprint density at radius 3 is 2.56 bits per heavy atom. The lowest BCUT2D eigenvalue weighted by Crippen LogP contribution is -2.16. The monoisotopic (exact) mass is 355 g/mol. The fraction of sp³-hybridized carbons (Fsp3) is 0.200. The molecule has 0 radical (unpaired) electrons. The molecule has 4 nitrogen and oxygen atoms in total. The van der Waals surface area contributed by atoms with Gasteiger partial charge in [-0.3, -0.25) is 0 Å². The van der Waals surface area contributed by atoms with Gasteiger partial charge in [0, 0.05) is 30.1 Å². The van der Waals surface area contributed by atoms with Gasteiger partial charge < -0.3 is 10.1 Å². The quantitative estimate of drug-likeness (QED) is 0.803. The van der Waals surface area contributed by atoms with Crippen LogP contribution in [0.4, 0.5) is 5.69 Å². The molecule has 0 saturated carbocycles. The Morgan fingerprint density at radius 1 is 1.16 bits per heavy atom. The zero-order valence-corrected chi connectivity index (χ0v) is 15.0. The number of nitrogens with zero attached hydrogens (tertiary/aromatic N) is 1. The molecule has 1 N–H and O–H groups in total. The second-order valence-electron chi connectivity index (χ2n) is 5.73. The van der Waals surface area contributed by atoms with Crippen molar-refractivity contribution in [3.63, 3.8) is 0 Å². The number of hydrogen-bond donors (Lipinski definition) is 1. The van der Waals surface area contributed by atoms with Crippen LogP contribution in [0.1, 0.15) is 12.5 Å². The lowest BCUT2D eigenvalue weighted by atomic mass is 10.0. The summed E-state index contributed by atoms with van der Waals surface area (Å²) in [6.07, 6.45) is 2.40. The number of methoxy groups -OCH3 is 1. The van der Waals surface area contributed by atoms with E-state index in [0.717, 1.165) is 34.8 Å². The van der Waals surface area contributed by atoms with E-state index in [2.05, 4.69) is 5.32 Å². The summed E-state index contributed by atoms with van der Waals surface area (Å²) in [5, 5.41) is 3.89. The van der Waals surface area contributed by atoms with Crippen molar-refractivity contribution in [2.24, 2.45) is 0 Å². The molecule has 1 aliphatic heterocycles. The number of halogens is 1. The third kappa shape index (κ3) is 3.74. The van der Waals surface area contributed by atoms with E-state index in [-0.39, 0.29) is 5.91 Å². The summed E-state index contributed by atoms with van der Waals surface area (Å²) < 4.78 is 6.83. The highest BCUT2D eigenvalue weighted by Crippen LogP contribution is 2.25. The number of nitrogens with one attached hydrogen (secondary N) is 1. The zero-order chi connectivity index (χ0) is 17.8. The van der Waals surface area contributed by atoms with Crippen molar-refractivity contribution in [3.05, 3.63) is 70.4 Å². The van der Waals surface area contributed by atoms with E-state index < -0.39 is 0 Å². The van der Waals surface area contributed by atoms with E-state index >= 15 is 0 Å². The predicted molar refractivity (Wildman–Crippen MR) is 99.8 cm³/mol. The lowest BCUT2D eigenvalue weighted by molar-refractivity contribution is -0.354. The molecule has 5 heteroatoms. The second-order valence-corrected chi connectivity index (χ2v) is 6.17. The molecule has 0 aromatic heterocycles. The molecule has 0 fully saturated rings. The summed E-state index contributed by atoms with van der Waals surface area (Å²) >= 11 is 6.07. The van der Waals surface area contributed by atoms with Gasteiger partial charge in [-0.25, -0.2) is 4.79 Å². The topological polar surface area (TPSA) is 41.3 Å². The molecule has 0 spiro atoms. The van der Waals surface area contributed by atoms with Crippen LogP contribution < -0.4 is 10.1 Å². The highest BCUT2D eigenvalue weighted by Gasteiger charge is 2.34. The van der Waals surface area contributed by atoms with E-state index in [4.69, 9.17) is 16.3 Å². The molecule has 0 atom stereocenters. The Bertz CT molecular complexity index is 854. The van der Waals surface area contributed by atoms with Crippen LogP contribution in [-0.4, -0.2) is 30.4 Å². The van der Waals surface area contributed by atoms with Gasteiger partial charge >= 0.3 is 5.91 Å². The number of benzene rings is 2. The van der Waals surface area contributed by atoms with Gasteiger partial charge in [0.05, 0.1) is 7.11 Å². The first kappa shape index (κ1) is 17.2. The molecule has 0 aliphatic carbocycles. The van der Waals surface area contributed by atoms with E-state index in [1.54, 1.807) is 23.8 Å². The molecule has 25 heavy (non-hydrogen) atoms. The average Bonchev–Trinajstić information content (AvgIpc) is 2.92. The van der Waals surface area contributed by atoms with Gasteiger partial charge in [-0.15, -0.1) is 4.58 Å². The molecule has 128 valence electrons. The third-order valence-electron chi connectivity index (χ3n) is 4.05. The number of ether oxygens (including phenoxy) is 1. The van der Waals surface area contributed by atoms with Gasteiger partial charge in [-0.05, 0) is 30.7 Å². The maximum atomic E-state index is 13.0. The second kappa shape index (κ2) is 7.53. The maximum absolute atomic E-state index is 13.0. The van der Waals surface area contributed by atoms with Crippen molar-refractivity contribution in [2.75, 3.05) is 13.7 Å². The van der Waals surface area contributed by atoms with E-state index in [9.17, 15) is 4.79 Å². The van der Waals surface area contributed by atoms with Crippen LogP contribution in [0.5, 0.6) is 5.75 Å². The first-order valence-corrected chi connectivity index (χ1v) is 8.54. The van der Waals surface area contributed by atoms with Crippen LogP contribution in [-0.2, 0) is 11.2 Å². The Morgan fingerprint density at radius 2 is 1.92 bits per heavy atom. The first-order chi connectivity index (χ1) is 12.1. The van der Waals surface area contributed by atoms with Crippen LogP contribution in [0.25, 0.3) is 0 Å². The van der Waals surface area contributed by atoms with Crippen molar-refractivity contribution in [1.82, 2.24) is 5.32 Å². The van der Waals surface area contributed by atoms with Crippen LogP contribution in [0.2, 0.25) is 5.02 Å². The van der Waals surface area contributed by atoms with Crippen molar-refractivity contribution in [1.29, 1.82) is 0 Å². The normalized spacial score (nSPS) is 13.9. The lowest BCUT2D eigenvalue weighted by Gasteiger charge is -2.05. The van der Waals surface area contributed by atoms with Gasteiger partial charge in [0.2, 0.25) is 11.9 Å². The Balaban J connectivity index is 1.89. The molecule has 3 rings (SSSR count). The Hall–Kier alpha value is -2.59. The molecule has 1 amide bonds. The standard InChI is InChI=1S/C20H19ClN2O2/c1-3-22-19-13-23(16-6-4-5-15(21)12-16)20(24)18(19)11-14-7-9-17(25-2)10-8-14/h4-10,12-13H,3,11H2,1-2H3/p+1. The fourth-order valence-corrected chi connectivity index (χ4v) is 2.99. The largest absolute Gasteiger partial charge is 0.497 e. The smallest absolute Gasteiger partial charge is 0.423 e. The minimum absolute atomic E-state index is 0.0333. The van der Waals surface area contributed by atoms with Gasteiger partial charge in [0.25, 0.3) is 0 Å². The minimum atomic E-state index is -0.0333. The molecule has 0 unspecified atom stereocenters. The zero-order valence-electron chi connectivity index (χ0n) is 14.3. The number of rotatable bonds is 6. The summed E-state index contributed by atoms with van der Waals surface area (Å²) in [5.74, 6) is 0.767. The van der Waals surface area contributed by atoms with Gasteiger partial charge in [-0.1, -0.05) is 29.8 Å². The van der Waals surface area contributed by atoms with Gasteiger partial charge in [0.15, 0.2) is 0 Å². The SMILES string of the molecule is CCNC1=C(Cc2ccc(OC)cc2)C(=O)[N+](c2cccc(Cl)c2)=C1. The number of carbonyl (C=O) groups is 1. The van der Waals surface area contributed by atoms with Crippen LogP contribution in [0, 0.1) is 0 Å². The number of amides is 1. The maximum Gasteiger partial charge on any atom is 0.423 e. The molecule has 0 bridgehead atoms. The van der Waals surface area contributed by atoms with E-state index in [1.807, 2.05) is 49.5 Å². The molecule has 1 aliphatic rings. The highest BCUT2D eigenvalue weighted by atomic mass is 35.5. The minimum Gasteiger partial charge on any atom is -0.497 e.